The molecule has 19 heavy (non-hydrogen) atoms. The molecule has 1 fully saturated rings. The van der Waals surface area contributed by atoms with Gasteiger partial charge >= 0.3 is 0 Å². The quantitative estimate of drug-likeness (QED) is 0.776. The minimum atomic E-state index is -0.138. The first kappa shape index (κ1) is 13.6. The van der Waals surface area contributed by atoms with Crippen LogP contribution in [0.1, 0.15) is 11.1 Å². The highest BCUT2D eigenvalue weighted by atomic mass is 16.2. The van der Waals surface area contributed by atoms with E-state index in [-0.39, 0.29) is 12.5 Å². The Bertz CT molecular complexity index is 516. The van der Waals surface area contributed by atoms with Crippen LogP contribution in [0, 0.1) is 11.8 Å². The molecule has 1 amide bonds. The van der Waals surface area contributed by atoms with Gasteiger partial charge in [-0.2, -0.15) is 0 Å². The highest BCUT2D eigenvalue weighted by molar-refractivity contribution is 5.78. The van der Waals surface area contributed by atoms with Crippen LogP contribution in [0.4, 0.5) is 0 Å². The van der Waals surface area contributed by atoms with Gasteiger partial charge in [0, 0.05) is 32.2 Å². The lowest BCUT2D eigenvalue weighted by atomic mass is 10.1. The molecule has 0 radical (unpaired) electrons. The molecule has 1 aliphatic rings. The van der Waals surface area contributed by atoms with Gasteiger partial charge in [-0.1, -0.05) is 30.0 Å². The molecule has 0 aromatic heterocycles. The lowest BCUT2D eigenvalue weighted by Crippen LogP contribution is -2.48. The van der Waals surface area contributed by atoms with E-state index in [4.69, 9.17) is 5.11 Å². The summed E-state index contributed by atoms with van der Waals surface area (Å²) in [5.41, 5.74) is 2.02. The lowest BCUT2D eigenvalue weighted by molar-refractivity contribution is -0.134. The van der Waals surface area contributed by atoms with Gasteiger partial charge in [-0.25, -0.2) is 0 Å². The highest BCUT2D eigenvalue weighted by Crippen LogP contribution is 2.12. The number of aliphatic hydroxyl groups is 1. The van der Waals surface area contributed by atoms with Crippen molar-refractivity contribution >= 4 is 5.91 Å². The summed E-state index contributed by atoms with van der Waals surface area (Å²) in [6, 6.07) is 7.86. The summed E-state index contributed by atoms with van der Waals surface area (Å²) in [7, 11) is 1.83. The minimum Gasteiger partial charge on any atom is -0.384 e. The van der Waals surface area contributed by atoms with Gasteiger partial charge < -0.3 is 10.0 Å². The molecule has 0 unspecified atom stereocenters. The van der Waals surface area contributed by atoms with Crippen LogP contribution in [0.3, 0.4) is 0 Å². The van der Waals surface area contributed by atoms with Crippen molar-refractivity contribution in [1.82, 2.24) is 9.80 Å². The summed E-state index contributed by atoms with van der Waals surface area (Å²) in [6.07, 6.45) is 0. The Hall–Kier alpha value is -1.83. The standard InChI is InChI=1S/C15H18N2O2/c1-16-8-9-17(12-15(16)19)11-14-6-3-2-5-13(14)7-4-10-18/h2-3,5-6,18H,8-12H2,1H3. The number of nitrogens with zero attached hydrogens (tertiary/aromatic N) is 2. The number of benzene rings is 1. The van der Waals surface area contributed by atoms with Crippen LogP contribution in [0.5, 0.6) is 0 Å². The second-order valence-electron chi connectivity index (χ2n) is 4.64. The Kier molecular flexibility index (Phi) is 4.56. The molecular formula is C15H18N2O2. The fourth-order valence-electron chi connectivity index (χ4n) is 2.10. The predicted molar refractivity (Wildman–Crippen MR) is 73.3 cm³/mol. The number of aliphatic hydroxyl groups excluding tert-OH is 1. The molecule has 4 nitrogen and oxygen atoms in total. The zero-order chi connectivity index (χ0) is 13.7. The monoisotopic (exact) mass is 258 g/mol. The fourth-order valence-corrected chi connectivity index (χ4v) is 2.10. The van der Waals surface area contributed by atoms with Gasteiger partial charge in [0.1, 0.15) is 6.61 Å². The van der Waals surface area contributed by atoms with Gasteiger partial charge in [0.15, 0.2) is 0 Å². The zero-order valence-corrected chi connectivity index (χ0v) is 11.1. The van der Waals surface area contributed by atoms with Crippen LogP contribution in [0.2, 0.25) is 0 Å². The topological polar surface area (TPSA) is 43.8 Å². The Morgan fingerprint density at radius 2 is 2.11 bits per heavy atom. The molecule has 1 heterocycles. The van der Waals surface area contributed by atoms with E-state index >= 15 is 0 Å². The van der Waals surface area contributed by atoms with Crippen LogP contribution in [0.15, 0.2) is 24.3 Å². The average Bonchev–Trinajstić information content (AvgIpc) is 2.42. The smallest absolute Gasteiger partial charge is 0.236 e. The molecule has 2 rings (SSSR count). The van der Waals surface area contributed by atoms with E-state index in [1.54, 1.807) is 4.90 Å². The molecule has 4 heteroatoms. The number of piperazine rings is 1. The van der Waals surface area contributed by atoms with Crippen molar-refractivity contribution in [1.29, 1.82) is 0 Å². The Balaban J connectivity index is 2.09. The van der Waals surface area contributed by atoms with Crippen molar-refractivity contribution in [2.75, 3.05) is 33.3 Å². The van der Waals surface area contributed by atoms with E-state index < -0.39 is 0 Å². The first-order valence-electron chi connectivity index (χ1n) is 6.34. The SMILES string of the molecule is CN1CCN(Cc2ccccc2C#CCO)CC1=O. The molecule has 0 spiro atoms. The van der Waals surface area contributed by atoms with E-state index in [0.29, 0.717) is 6.54 Å². The molecule has 1 aromatic carbocycles. The molecule has 0 atom stereocenters. The predicted octanol–water partition coefficient (Wildman–Crippen LogP) is 0.304. The van der Waals surface area contributed by atoms with Crippen molar-refractivity contribution in [3.05, 3.63) is 35.4 Å². The van der Waals surface area contributed by atoms with E-state index in [2.05, 4.69) is 16.7 Å². The number of carbonyl (C=O) groups is 1. The molecule has 0 bridgehead atoms. The normalized spacial score (nSPS) is 16.1. The third kappa shape index (κ3) is 3.57. The summed E-state index contributed by atoms with van der Waals surface area (Å²) in [4.78, 5) is 15.6. The second-order valence-corrected chi connectivity index (χ2v) is 4.64. The summed E-state index contributed by atoms with van der Waals surface area (Å²) < 4.78 is 0. The summed E-state index contributed by atoms with van der Waals surface area (Å²) >= 11 is 0. The number of hydrogen-bond donors (Lipinski definition) is 1. The van der Waals surface area contributed by atoms with E-state index in [1.807, 2.05) is 31.3 Å². The van der Waals surface area contributed by atoms with Crippen LogP contribution in [0.25, 0.3) is 0 Å². The minimum absolute atomic E-state index is 0.138. The number of hydrogen-bond acceptors (Lipinski definition) is 3. The van der Waals surface area contributed by atoms with Gasteiger partial charge in [0.2, 0.25) is 5.91 Å². The maximum Gasteiger partial charge on any atom is 0.236 e. The first-order valence-corrected chi connectivity index (χ1v) is 6.34. The third-order valence-corrected chi connectivity index (χ3v) is 3.25. The Morgan fingerprint density at radius 1 is 1.32 bits per heavy atom. The molecule has 1 saturated heterocycles. The molecule has 0 saturated carbocycles. The fraction of sp³-hybridized carbons (Fsp3) is 0.400. The summed E-state index contributed by atoms with van der Waals surface area (Å²) in [5.74, 6) is 5.78. The maximum atomic E-state index is 11.7. The van der Waals surface area contributed by atoms with Crippen LogP contribution in [-0.2, 0) is 11.3 Å². The van der Waals surface area contributed by atoms with Crippen molar-refractivity contribution < 1.29 is 9.90 Å². The molecule has 1 N–H and O–H groups in total. The second kappa shape index (κ2) is 6.37. The Morgan fingerprint density at radius 3 is 2.84 bits per heavy atom. The van der Waals surface area contributed by atoms with Crippen molar-refractivity contribution in [2.24, 2.45) is 0 Å². The summed E-state index contributed by atoms with van der Waals surface area (Å²) in [6.45, 7) is 2.68. The van der Waals surface area contributed by atoms with E-state index in [1.165, 1.54) is 0 Å². The van der Waals surface area contributed by atoms with Gasteiger partial charge in [-0.3, -0.25) is 9.69 Å². The maximum absolute atomic E-state index is 11.7. The van der Waals surface area contributed by atoms with E-state index in [9.17, 15) is 4.79 Å². The molecule has 100 valence electrons. The molecular weight excluding hydrogens is 240 g/mol. The van der Waals surface area contributed by atoms with Crippen LogP contribution < -0.4 is 0 Å². The van der Waals surface area contributed by atoms with Crippen molar-refractivity contribution in [3.63, 3.8) is 0 Å². The third-order valence-electron chi connectivity index (χ3n) is 3.25. The largest absolute Gasteiger partial charge is 0.384 e. The number of amides is 1. The average molecular weight is 258 g/mol. The number of carbonyl (C=O) groups excluding carboxylic acids is 1. The Labute approximate surface area is 113 Å². The lowest BCUT2D eigenvalue weighted by Gasteiger charge is -2.32. The van der Waals surface area contributed by atoms with Gasteiger partial charge in [-0.05, 0) is 11.6 Å². The highest BCUT2D eigenvalue weighted by Gasteiger charge is 2.21. The van der Waals surface area contributed by atoms with E-state index in [0.717, 1.165) is 30.8 Å². The van der Waals surface area contributed by atoms with Crippen molar-refractivity contribution in [2.45, 2.75) is 6.54 Å². The molecule has 1 aromatic rings. The first-order chi connectivity index (χ1) is 9.20. The molecule has 1 aliphatic heterocycles. The molecule has 0 aliphatic carbocycles. The number of rotatable bonds is 2. The van der Waals surface area contributed by atoms with Gasteiger partial charge in [0.05, 0.1) is 6.54 Å². The summed E-state index contributed by atoms with van der Waals surface area (Å²) in [5, 5.41) is 8.77. The van der Waals surface area contributed by atoms with Crippen LogP contribution >= 0.6 is 0 Å². The van der Waals surface area contributed by atoms with Gasteiger partial charge in [0.25, 0.3) is 0 Å². The van der Waals surface area contributed by atoms with Crippen LogP contribution in [-0.4, -0.2) is 54.1 Å². The number of likely N-dealkylation sites (N-methyl/N-ethyl adjacent to an activating group) is 1. The van der Waals surface area contributed by atoms with Crippen molar-refractivity contribution in [3.8, 4) is 11.8 Å². The van der Waals surface area contributed by atoms with Gasteiger partial charge in [-0.15, -0.1) is 0 Å². The zero-order valence-electron chi connectivity index (χ0n) is 11.1.